The summed E-state index contributed by atoms with van der Waals surface area (Å²) in [4.78, 5) is 10.3. The molecule has 0 aliphatic heterocycles. The summed E-state index contributed by atoms with van der Waals surface area (Å²) < 4.78 is 7.09. The van der Waals surface area contributed by atoms with Crippen LogP contribution in [0.15, 0.2) is 0 Å². The van der Waals surface area contributed by atoms with E-state index >= 15 is 0 Å². The zero-order valence-corrected chi connectivity index (χ0v) is 17.1. The second kappa shape index (κ2) is 23.6. The molecule has 0 aromatic rings. The molecule has 0 saturated heterocycles. The first kappa shape index (κ1) is 24.6. The molecule has 2 N–H and O–H groups in total. The fraction of sp³-hybridized carbons (Fsp3) is 0.944. The van der Waals surface area contributed by atoms with E-state index < -0.39 is 5.97 Å². The molecule has 0 fully saturated rings. The molecule has 0 aromatic carbocycles. The van der Waals surface area contributed by atoms with Gasteiger partial charge in [0.15, 0.2) is 0 Å². The second-order valence-corrected chi connectivity index (χ2v) is 6.09. The Labute approximate surface area is 153 Å². The standard InChI is InChI=1S/C18H36O2.H2O.Zr/c1-2-3-4-5-6-7-8-9-10-11-12-13-14-15-16-17-18(19)20;;/h2-17H2,1H3,(H,19,20);1H2;/q;;+1/p-1. The van der Waals surface area contributed by atoms with Gasteiger partial charge in [-0.25, -0.2) is 0 Å². The van der Waals surface area contributed by atoms with Crippen LogP contribution in [-0.2, 0) is 30.0 Å². The van der Waals surface area contributed by atoms with Gasteiger partial charge in [-0.2, -0.15) is 0 Å². The SMILES string of the molecule is CCCCCCCCCCCCCCCCCC(=O)O.[OH][Zr]. The summed E-state index contributed by atoms with van der Waals surface area (Å²) in [6.07, 6.45) is 20.2. The first-order valence-corrected chi connectivity index (χ1v) is 10.3. The molecular weight excluding hydrogens is 355 g/mol. The predicted octanol–water partition coefficient (Wildman–Crippen LogP) is 5.77. The van der Waals surface area contributed by atoms with Crippen LogP contribution >= 0.6 is 0 Å². The summed E-state index contributed by atoms with van der Waals surface area (Å²) >= 11 is 0.550. The van der Waals surface area contributed by atoms with E-state index in [1.807, 2.05) is 0 Å². The van der Waals surface area contributed by atoms with Gasteiger partial charge in [-0.15, -0.1) is 0 Å². The van der Waals surface area contributed by atoms with Crippen molar-refractivity contribution in [2.24, 2.45) is 0 Å². The molecule has 0 aliphatic rings. The summed E-state index contributed by atoms with van der Waals surface area (Å²) in [5, 5.41) is 8.52. The van der Waals surface area contributed by atoms with Gasteiger partial charge in [0.25, 0.3) is 0 Å². The van der Waals surface area contributed by atoms with E-state index in [0.29, 0.717) is 31.6 Å². The van der Waals surface area contributed by atoms with E-state index in [4.69, 9.17) is 8.29 Å². The van der Waals surface area contributed by atoms with E-state index in [2.05, 4.69) is 6.92 Å². The molecule has 0 saturated carbocycles. The van der Waals surface area contributed by atoms with Crippen molar-refractivity contribution in [1.29, 1.82) is 0 Å². The van der Waals surface area contributed by atoms with Crippen LogP contribution in [0.1, 0.15) is 110 Å². The third kappa shape index (κ3) is 25.3. The molecule has 4 heteroatoms. The Kier molecular flexibility index (Phi) is 26.3. The monoisotopic (exact) mass is 391 g/mol. The Hall–Kier alpha value is 0.313. The minimum atomic E-state index is -0.653. The van der Waals surface area contributed by atoms with Crippen molar-refractivity contribution in [3.8, 4) is 0 Å². The molecule has 0 heterocycles. The van der Waals surface area contributed by atoms with Crippen LogP contribution in [0.25, 0.3) is 0 Å². The zero-order valence-electron chi connectivity index (χ0n) is 14.6. The van der Waals surface area contributed by atoms with Gasteiger partial charge in [-0.3, -0.25) is 4.79 Å². The number of carbonyl (C=O) groups is 1. The fourth-order valence-electron chi connectivity index (χ4n) is 2.65. The number of aliphatic carboxylic acids is 1. The van der Waals surface area contributed by atoms with Crippen LogP contribution in [0, 0.1) is 0 Å². The van der Waals surface area contributed by atoms with Crippen LogP contribution in [0.5, 0.6) is 0 Å². The van der Waals surface area contributed by atoms with Crippen molar-refractivity contribution < 1.29 is 38.2 Å². The summed E-state index contributed by atoms with van der Waals surface area (Å²) in [6, 6.07) is 0. The molecule has 131 valence electrons. The molecule has 0 rings (SSSR count). The summed E-state index contributed by atoms with van der Waals surface area (Å²) in [5.41, 5.74) is 0. The Morgan fingerprint density at radius 3 is 1.18 bits per heavy atom. The number of unbranched alkanes of at least 4 members (excludes halogenated alkanes) is 14. The van der Waals surface area contributed by atoms with Gasteiger partial charge in [-0.1, -0.05) is 96.8 Å². The van der Waals surface area contributed by atoms with Crippen molar-refractivity contribution in [2.75, 3.05) is 0 Å². The quantitative estimate of drug-likeness (QED) is 0.328. The first-order chi connectivity index (χ1) is 10.8. The Balaban J connectivity index is 0. The summed E-state index contributed by atoms with van der Waals surface area (Å²) in [6.45, 7) is 2.27. The van der Waals surface area contributed by atoms with Crippen molar-refractivity contribution in [3.63, 3.8) is 0 Å². The normalized spacial score (nSPS) is 10.0. The molecule has 0 atom stereocenters. The maximum absolute atomic E-state index is 10.3. The molecule has 0 unspecified atom stereocenters. The molecule has 0 bridgehead atoms. The number of hydrogen-bond acceptors (Lipinski definition) is 2. The average molecular weight is 393 g/mol. The maximum atomic E-state index is 10.3. The third-order valence-electron chi connectivity index (χ3n) is 3.99. The Bertz CT molecular complexity index is 211. The van der Waals surface area contributed by atoms with Gasteiger partial charge in [0.2, 0.25) is 0 Å². The van der Waals surface area contributed by atoms with Crippen molar-refractivity contribution in [1.82, 2.24) is 0 Å². The number of carboxylic acids is 1. The minimum absolute atomic E-state index is 0.345. The zero-order chi connectivity index (χ0) is 16.9. The second-order valence-electron chi connectivity index (χ2n) is 6.09. The Morgan fingerprint density at radius 1 is 0.636 bits per heavy atom. The van der Waals surface area contributed by atoms with E-state index in [1.165, 1.54) is 83.5 Å². The fourth-order valence-corrected chi connectivity index (χ4v) is 2.65. The molecule has 3 nitrogen and oxygen atoms in total. The number of carboxylic acid groups (broad SMARTS) is 1. The number of rotatable bonds is 16. The van der Waals surface area contributed by atoms with Gasteiger partial charge in [0.1, 0.15) is 0 Å². The van der Waals surface area contributed by atoms with Gasteiger partial charge in [0.05, 0.1) is 0 Å². The number of hydrogen-bond donors (Lipinski definition) is 2. The van der Waals surface area contributed by atoms with Crippen LogP contribution in [0.2, 0.25) is 0 Å². The van der Waals surface area contributed by atoms with Gasteiger partial charge < -0.3 is 5.11 Å². The topological polar surface area (TPSA) is 57.5 Å². The molecule has 0 aromatic heterocycles. The summed E-state index contributed by atoms with van der Waals surface area (Å²) in [7, 11) is 0. The Morgan fingerprint density at radius 2 is 0.909 bits per heavy atom. The van der Waals surface area contributed by atoms with Gasteiger partial charge >= 0.3 is 34.3 Å². The van der Waals surface area contributed by atoms with Crippen LogP contribution < -0.4 is 0 Å². The van der Waals surface area contributed by atoms with Gasteiger partial charge in [-0.05, 0) is 6.42 Å². The molecule has 22 heavy (non-hydrogen) atoms. The van der Waals surface area contributed by atoms with Crippen molar-refractivity contribution >= 4 is 5.97 Å². The van der Waals surface area contributed by atoms with Crippen LogP contribution in [-0.4, -0.2) is 14.3 Å². The molecule has 0 amide bonds. The van der Waals surface area contributed by atoms with Crippen LogP contribution in [0.4, 0.5) is 0 Å². The first-order valence-electron chi connectivity index (χ1n) is 9.21. The van der Waals surface area contributed by atoms with E-state index in [1.54, 1.807) is 0 Å². The predicted molar refractivity (Wildman–Crippen MR) is 89.4 cm³/mol. The summed E-state index contributed by atoms with van der Waals surface area (Å²) in [5.74, 6) is -0.653. The van der Waals surface area contributed by atoms with E-state index in [-0.39, 0.29) is 0 Å². The molecule has 0 spiro atoms. The van der Waals surface area contributed by atoms with Crippen molar-refractivity contribution in [3.05, 3.63) is 0 Å². The molecule has 0 radical (unpaired) electrons. The molecule has 0 aliphatic carbocycles. The van der Waals surface area contributed by atoms with Gasteiger partial charge in [0, 0.05) is 6.42 Å². The third-order valence-corrected chi connectivity index (χ3v) is 3.99. The average Bonchev–Trinajstić information content (AvgIpc) is 2.53. The molecular formula is C18H37O3Zr. The van der Waals surface area contributed by atoms with E-state index in [9.17, 15) is 4.79 Å². The van der Waals surface area contributed by atoms with Crippen LogP contribution in [0.3, 0.4) is 0 Å². The van der Waals surface area contributed by atoms with Crippen molar-refractivity contribution in [2.45, 2.75) is 110 Å². The van der Waals surface area contributed by atoms with E-state index in [0.717, 1.165) is 12.8 Å².